The monoisotopic (exact) mass is 335 g/mol. The Morgan fingerprint density at radius 3 is 2.65 bits per heavy atom. The Labute approximate surface area is 136 Å². The molecule has 0 aliphatic heterocycles. The fourth-order valence-electron chi connectivity index (χ4n) is 2.26. The molecule has 2 aromatic rings. The molecule has 0 spiro atoms. The minimum absolute atomic E-state index is 0.0473. The largest absolute Gasteiger partial charge is 0.469 e. The average molecular weight is 335 g/mol. The van der Waals surface area contributed by atoms with Crippen molar-refractivity contribution in [2.45, 2.75) is 37.6 Å². The molecule has 0 saturated carbocycles. The SMILES string of the molecule is Cc1ccc(S(C)(=O)=O)cc1C(=O)N[C@H](C)CCc1ccco1. The third-order valence-electron chi connectivity index (χ3n) is 3.66. The molecule has 1 atom stereocenters. The highest BCUT2D eigenvalue weighted by atomic mass is 32.2. The van der Waals surface area contributed by atoms with Crippen LogP contribution in [-0.2, 0) is 16.3 Å². The molecule has 1 aromatic carbocycles. The van der Waals surface area contributed by atoms with Crippen LogP contribution >= 0.6 is 0 Å². The lowest BCUT2D eigenvalue weighted by Crippen LogP contribution is -2.33. The van der Waals surface area contributed by atoms with Crippen molar-refractivity contribution in [3.63, 3.8) is 0 Å². The fourth-order valence-corrected chi connectivity index (χ4v) is 2.91. The van der Waals surface area contributed by atoms with E-state index in [9.17, 15) is 13.2 Å². The second-order valence-corrected chi connectivity index (χ2v) is 7.76. The third kappa shape index (κ3) is 4.69. The van der Waals surface area contributed by atoms with Crippen molar-refractivity contribution in [2.75, 3.05) is 6.26 Å². The first kappa shape index (κ1) is 17.3. The number of rotatable bonds is 6. The summed E-state index contributed by atoms with van der Waals surface area (Å²) in [7, 11) is -3.34. The van der Waals surface area contributed by atoms with Gasteiger partial charge in [0.25, 0.3) is 5.91 Å². The second kappa shape index (κ2) is 7.00. The molecule has 0 aliphatic carbocycles. The van der Waals surface area contributed by atoms with Gasteiger partial charge >= 0.3 is 0 Å². The summed E-state index contributed by atoms with van der Waals surface area (Å²) in [5.74, 6) is 0.612. The van der Waals surface area contributed by atoms with Crippen LogP contribution in [0, 0.1) is 6.92 Å². The molecule has 0 bridgehead atoms. The molecule has 0 fully saturated rings. The maximum absolute atomic E-state index is 12.4. The first-order chi connectivity index (χ1) is 10.8. The van der Waals surface area contributed by atoms with Gasteiger partial charge in [0.2, 0.25) is 0 Å². The maximum Gasteiger partial charge on any atom is 0.251 e. The lowest BCUT2D eigenvalue weighted by Gasteiger charge is -2.15. The number of nitrogens with one attached hydrogen (secondary N) is 1. The Kier molecular flexibility index (Phi) is 5.26. The number of sulfone groups is 1. The van der Waals surface area contributed by atoms with Gasteiger partial charge in [0.15, 0.2) is 9.84 Å². The van der Waals surface area contributed by atoms with E-state index in [1.165, 1.54) is 12.1 Å². The van der Waals surface area contributed by atoms with Gasteiger partial charge in [-0.15, -0.1) is 0 Å². The summed E-state index contributed by atoms with van der Waals surface area (Å²) in [6, 6.07) is 8.28. The zero-order chi connectivity index (χ0) is 17.0. The summed E-state index contributed by atoms with van der Waals surface area (Å²) in [6.07, 6.45) is 4.23. The van der Waals surface area contributed by atoms with E-state index in [0.717, 1.165) is 30.4 Å². The van der Waals surface area contributed by atoms with Crippen LogP contribution in [0.4, 0.5) is 0 Å². The number of hydrogen-bond donors (Lipinski definition) is 1. The number of carbonyl (C=O) groups is 1. The zero-order valence-electron chi connectivity index (χ0n) is 13.5. The van der Waals surface area contributed by atoms with E-state index in [1.807, 2.05) is 19.1 Å². The minimum Gasteiger partial charge on any atom is -0.469 e. The van der Waals surface area contributed by atoms with Crippen LogP contribution in [0.15, 0.2) is 45.9 Å². The highest BCUT2D eigenvalue weighted by Crippen LogP contribution is 2.16. The number of furan rings is 1. The van der Waals surface area contributed by atoms with E-state index < -0.39 is 9.84 Å². The lowest BCUT2D eigenvalue weighted by molar-refractivity contribution is 0.0937. The average Bonchev–Trinajstić information content (AvgIpc) is 2.97. The van der Waals surface area contributed by atoms with Gasteiger partial charge in [0.05, 0.1) is 11.2 Å². The van der Waals surface area contributed by atoms with Gasteiger partial charge in [-0.2, -0.15) is 0 Å². The summed E-state index contributed by atoms with van der Waals surface area (Å²) in [5, 5.41) is 2.90. The van der Waals surface area contributed by atoms with E-state index >= 15 is 0 Å². The van der Waals surface area contributed by atoms with Crippen molar-refractivity contribution in [1.82, 2.24) is 5.32 Å². The number of amides is 1. The quantitative estimate of drug-likeness (QED) is 0.880. The molecule has 0 saturated heterocycles. The molecule has 124 valence electrons. The van der Waals surface area contributed by atoms with Crippen LogP contribution in [-0.4, -0.2) is 26.6 Å². The molecule has 0 unspecified atom stereocenters. The van der Waals surface area contributed by atoms with E-state index in [1.54, 1.807) is 19.3 Å². The van der Waals surface area contributed by atoms with Crippen molar-refractivity contribution >= 4 is 15.7 Å². The fraction of sp³-hybridized carbons (Fsp3) is 0.353. The normalized spacial score (nSPS) is 12.8. The number of carbonyl (C=O) groups excluding carboxylic acids is 1. The summed E-state index contributed by atoms with van der Waals surface area (Å²) >= 11 is 0. The molecule has 1 N–H and O–H groups in total. The van der Waals surface area contributed by atoms with E-state index in [-0.39, 0.29) is 16.8 Å². The van der Waals surface area contributed by atoms with Crippen LogP contribution in [0.2, 0.25) is 0 Å². The van der Waals surface area contributed by atoms with Gasteiger partial charge < -0.3 is 9.73 Å². The van der Waals surface area contributed by atoms with Gasteiger partial charge in [-0.05, 0) is 50.1 Å². The van der Waals surface area contributed by atoms with Crippen LogP contribution in [0.3, 0.4) is 0 Å². The van der Waals surface area contributed by atoms with Crippen molar-refractivity contribution in [2.24, 2.45) is 0 Å². The molecular formula is C17H21NO4S. The van der Waals surface area contributed by atoms with Gasteiger partial charge in [0.1, 0.15) is 5.76 Å². The van der Waals surface area contributed by atoms with E-state index in [2.05, 4.69) is 5.32 Å². The van der Waals surface area contributed by atoms with Crippen molar-refractivity contribution in [1.29, 1.82) is 0 Å². The Morgan fingerprint density at radius 1 is 1.30 bits per heavy atom. The van der Waals surface area contributed by atoms with Crippen molar-refractivity contribution in [3.05, 3.63) is 53.5 Å². The van der Waals surface area contributed by atoms with Crippen LogP contribution < -0.4 is 5.32 Å². The second-order valence-electron chi connectivity index (χ2n) is 5.74. The van der Waals surface area contributed by atoms with Crippen LogP contribution in [0.5, 0.6) is 0 Å². The van der Waals surface area contributed by atoms with E-state index in [0.29, 0.717) is 5.56 Å². The standard InChI is InChI=1S/C17H21NO4S/c1-12-6-9-15(23(3,20)21)11-16(12)17(19)18-13(2)7-8-14-5-4-10-22-14/h4-6,9-11,13H,7-8H2,1-3H3,(H,18,19)/t13-/m1/s1. The minimum atomic E-state index is -3.34. The molecular weight excluding hydrogens is 314 g/mol. The highest BCUT2D eigenvalue weighted by Gasteiger charge is 2.16. The first-order valence-electron chi connectivity index (χ1n) is 7.41. The van der Waals surface area contributed by atoms with Gasteiger partial charge in [0, 0.05) is 24.3 Å². The smallest absolute Gasteiger partial charge is 0.251 e. The zero-order valence-corrected chi connectivity index (χ0v) is 14.3. The third-order valence-corrected chi connectivity index (χ3v) is 4.77. The Bertz CT molecular complexity index is 779. The predicted octanol–water partition coefficient (Wildman–Crippen LogP) is 2.74. The highest BCUT2D eigenvalue weighted by molar-refractivity contribution is 7.90. The van der Waals surface area contributed by atoms with Gasteiger partial charge in [-0.3, -0.25) is 4.79 Å². The summed E-state index contributed by atoms with van der Waals surface area (Å²) in [4.78, 5) is 12.5. The van der Waals surface area contributed by atoms with Gasteiger partial charge in [-0.25, -0.2) is 8.42 Å². The molecule has 6 heteroatoms. The van der Waals surface area contributed by atoms with Crippen molar-refractivity contribution in [3.8, 4) is 0 Å². The molecule has 5 nitrogen and oxygen atoms in total. The molecule has 1 aromatic heterocycles. The first-order valence-corrected chi connectivity index (χ1v) is 9.30. The lowest BCUT2D eigenvalue weighted by atomic mass is 10.1. The maximum atomic E-state index is 12.4. The summed E-state index contributed by atoms with van der Waals surface area (Å²) in [5.41, 5.74) is 1.13. The number of hydrogen-bond acceptors (Lipinski definition) is 4. The topological polar surface area (TPSA) is 76.4 Å². The van der Waals surface area contributed by atoms with Crippen LogP contribution in [0.1, 0.15) is 35.0 Å². The molecule has 0 radical (unpaired) electrons. The summed E-state index contributed by atoms with van der Waals surface area (Å²) < 4.78 is 28.5. The molecule has 23 heavy (non-hydrogen) atoms. The number of benzene rings is 1. The molecule has 1 heterocycles. The predicted molar refractivity (Wildman–Crippen MR) is 88.2 cm³/mol. The molecule has 2 rings (SSSR count). The van der Waals surface area contributed by atoms with Gasteiger partial charge in [-0.1, -0.05) is 6.07 Å². The summed E-state index contributed by atoms with van der Waals surface area (Å²) in [6.45, 7) is 3.70. The van der Waals surface area contributed by atoms with E-state index in [4.69, 9.17) is 4.42 Å². The molecule has 1 amide bonds. The molecule has 0 aliphatic rings. The van der Waals surface area contributed by atoms with Crippen molar-refractivity contribution < 1.29 is 17.6 Å². The Hall–Kier alpha value is -2.08. The Balaban J connectivity index is 2.05. The van der Waals surface area contributed by atoms with Crippen LogP contribution in [0.25, 0.3) is 0 Å². The Morgan fingerprint density at radius 2 is 2.04 bits per heavy atom. The number of aryl methyl sites for hydroxylation is 2.